The van der Waals surface area contributed by atoms with Crippen LogP contribution in [0.1, 0.15) is 103 Å². The molecule has 2 aliphatic rings. The van der Waals surface area contributed by atoms with E-state index < -0.39 is 6.17 Å². The van der Waals surface area contributed by atoms with Crippen molar-refractivity contribution in [3.05, 3.63) is 59.7 Å². The van der Waals surface area contributed by atoms with Crippen molar-refractivity contribution in [2.75, 3.05) is 19.8 Å². The molecule has 2 aromatic rings. The van der Waals surface area contributed by atoms with E-state index >= 15 is 0 Å². The first kappa shape index (κ1) is 32.4. The van der Waals surface area contributed by atoms with Gasteiger partial charge in [-0.05, 0) is 62.6 Å². The predicted octanol–water partition coefficient (Wildman–Crippen LogP) is 6.51. The zero-order chi connectivity index (χ0) is 27.6. The Balaban J connectivity index is 0.000000291. The molecule has 0 aromatic heterocycles. The van der Waals surface area contributed by atoms with Crippen LogP contribution in [0.2, 0.25) is 0 Å². The summed E-state index contributed by atoms with van der Waals surface area (Å²) in [5, 5.41) is 0. The minimum Gasteiger partial charge on any atom is -0.379 e. The highest BCUT2D eigenvalue weighted by atomic mass is 16.7. The summed E-state index contributed by atoms with van der Waals surface area (Å²) in [6.45, 7) is 10.6. The van der Waals surface area contributed by atoms with Crippen LogP contribution in [0.25, 0.3) is 11.1 Å². The Kier molecular flexibility index (Phi) is 16.4. The van der Waals surface area contributed by atoms with E-state index in [0.717, 1.165) is 34.8 Å². The van der Waals surface area contributed by atoms with Gasteiger partial charge < -0.3 is 19.9 Å². The highest BCUT2D eigenvalue weighted by Crippen LogP contribution is 2.28. The van der Waals surface area contributed by atoms with E-state index in [4.69, 9.17) is 25.8 Å². The Labute approximate surface area is 230 Å². The Morgan fingerprint density at radius 1 is 0.868 bits per heavy atom. The Morgan fingerprint density at radius 3 is 1.97 bits per heavy atom. The number of ether oxygens (including phenoxy) is 3. The first-order valence-electron chi connectivity index (χ1n) is 14.5. The summed E-state index contributed by atoms with van der Waals surface area (Å²) < 4.78 is 16.5. The summed E-state index contributed by atoms with van der Waals surface area (Å²) in [6.07, 6.45) is 11.1. The number of benzene rings is 2. The zero-order valence-electron chi connectivity index (χ0n) is 24.1. The lowest BCUT2D eigenvalue weighted by molar-refractivity contribution is -0.140. The van der Waals surface area contributed by atoms with Gasteiger partial charge in [-0.2, -0.15) is 5.53 Å². The van der Waals surface area contributed by atoms with E-state index in [0.29, 0.717) is 19.3 Å². The van der Waals surface area contributed by atoms with Gasteiger partial charge in [0.1, 0.15) is 0 Å². The zero-order valence-corrected chi connectivity index (χ0v) is 24.1. The van der Waals surface area contributed by atoms with Crippen molar-refractivity contribution in [2.45, 2.75) is 97.6 Å². The fourth-order valence-electron chi connectivity index (χ4n) is 4.77. The molecule has 1 saturated carbocycles. The summed E-state index contributed by atoms with van der Waals surface area (Å²) in [7, 11) is 0. The van der Waals surface area contributed by atoms with Crippen molar-refractivity contribution < 1.29 is 14.2 Å². The van der Waals surface area contributed by atoms with Gasteiger partial charge in [0.25, 0.3) is 0 Å². The average molecular weight is 529 g/mol. The maximum Gasteiger partial charge on any atom is 0.183 e. The lowest BCUT2D eigenvalue weighted by Gasteiger charge is -2.19. The molecule has 7 nitrogen and oxygen atoms in total. The molecule has 214 valence electrons. The van der Waals surface area contributed by atoms with Crippen LogP contribution in [0.3, 0.4) is 0 Å². The SMILES string of the molecule is CC1CCCCC1.CC1CCCCO1.CCOC(OCC)c1ccc(-c2ccccc2C(N)NNN)cc1. The van der Waals surface area contributed by atoms with Crippen molar-refractivity contribution in [3.8, 4) is 11.1 Å². The van der Waals surface area contributed by atoms with E-state index in [9.17, 15) is 0 Å². The number of hydrogen-bond donors (Lipinski definition) is 4. The molecule has 1 aliphatic heterocycles. The van der Waals surface area contributed by atoms with Crippen molar-refractivity contribution in [3.63, 3.8) is 0 Å². The van der Waals surface area contributed by atoms with Gasteiger partial charge >= 0.3 is 0 Å². The van der Waals surface area contributed by atoms with E-state index in [-0.39, 0.29) is 6.29 Å². The third kappa shape index (κ3) is 11.9. The molecule has 1 aliphatic carbocycles. The van der Waals surface area contributed by atoms with Gasteiger partial charge in [0.2, 0.25) is 0 Å². The second-order valence-corrected chi connectivity index (χ2v) is 10.1. The molecule has 2 unspecified atom stereocenters. The Hall–Kier alpha value is -1.84. The maximum absolute atomic E-state index is 6.11. The fraction of sp³-hybridized carbons (Fsp3) is 0.613. The number of nitrogens with two attached hydrogens (primary N) is 2. The molecule has 0 amide bonds. The number of hydrogen-bond acceptors (Lipinski definition) is 7. The molecule has 38 heavy (non-hydrogen) atoms. The monoisotopic (exact) mass is 528 g/mol. The first-order chi connectivity index (χ1) is 18.5. The van der Waals surface area contributed by atoms with Gasteiger partial charge in [0.15, 0.2) is 6.29 Å². The van der Waals surface area contributed by atoms with Gasteiger partial charge in [0.05, 0.1) is 12.3 Å². The van der Waals surface area contributed by atoms with E-state index in [1.807, 2.05) is 62.4 Å². The Morgan fingerprint density at radius 2 is 1.50 bits per heavy atom. The molecular formula is C31H52N4O3. The van der Waals surface area contributed by atoms with E-state index in [1.165, 1.54) is 51.4 Å². The number of nitrogens with one attached hydrogen (secondary N) is 2. The third-order valence-corrected chi connectivity index (χ3v) is 6.97. The summed E-state index contributed by atoms with van der Waals surface area (Å²) in [6, 6.07) is 16.1. The molecule has 0 radical (unpaired) electrons. The van der Waals surface area contributed by atoms with Crippen LogP contribution in [-0.2, 0) is 14.2 Å². The largest absolute Gasteiger partial charge is 0.379 e. The molecule has 7 heteroatoms. The van der Waals surface area contributed by atoms with Gasteiger partial charge in [0, 0.05) is 25.4 Å². The van der Waals surface area contributed by atoms with Crippen LogP contribution in [-0.4, -0.2) is 25.9 Å². The highest BCUT2D eigenvalue weighted by Gasteiger charge is 2.14. The van der Waals surface area contributed by atoms with E-state index in [1.54, 1.807) is 0 Å². The minimum atomic E-state index is -0.412. The summed E-state index contributed by atoms with van der Waals surface area (Å²) in [5.74, 6) is 6.33. The van der Waals surface area contributed by atoms with Crippen LogP contribution >= 0.6 is 0 Å². The van der Waals surface area contributed by atoms with Gasteiger partial charge in [-0.1, -0.05) is 87.6 Å². The molecule has 4 rings (SSSR count). The fourth-order valence-corrected chi connectivity index (χ4v) is 4.77. The molecule has 2 atom stereocenters. The van der Waals surface area contributed by atoms with E-state index in [2.05, 4.69) is 24.8 Å². The lowest BCUT2D eigenvalue weighted by Crippen LogP contribution is -2.44. The third-order valence-electron chi connectivity index (χ3n) is 6.97. The molecule has 1 heterocycles. The van der Waals surface area contributed by atoms with Crippen LogP contribution in [0.15, 0.2) is 48.5 Å². The van der Waals surface area contributed by atoms with Crippen molar-refractivity contribution >= 4 is 0 Å². The van der Waals surface area contributed by atoms with Gasteiger partial charge in [-0.3, -0.25) is 5.84 Å². The first-order valence-corrected chi connectivity index (χ1v) is 14.5. The smallest absolute Gasteiger partial charge is 0.183 e. The second kappa shape index (κ2) is 19.3. The minimum absolute atomic E-state index is 0.338. The van der Waals surface area contributed by atoms with Crippen LogP contribution in [0, 0.1) is 5.92 Å². The summed E-state index contributed by atoms with van der Waals surface area (Å²) in [4.78, 5) is 0. The van der Waals surface area contributed by atoms with Crippen molar-refractivity contribution in [2.24, 2.45) is 17.5 Å². The average Bonchev–Trinajstić information content (AvgIpc) is 2.95. The molecule has 1 saturated heterocycles. The summed E-state index contributed by atoms with van der Waals surface area (Å²) >= 11 is 0. The second-order valence-electron chi connectivity index (χ2n) is 10.1. The van der Waals surface area contributed by atoms with Gasteiger partial charge in [-0.25, -0.2) is 5.43 Å². The van der Waals surface area contributed by atoms with Crippen LogP contribution in [0.4, 0.5) is 0 Å². The standard InChI is InChI=1S/C18H26N4O2.C7H14.C6H12O/c1-3-23-18(24-4-2)14-11-9-13(10-12-14)15-7-5-6-8-16(15)17(19)21-22-20;1-7-5-3-2-4-6-7;1-6-4-2-3-5-7-6/h5-12,17-18,21-22H,3-4,19-20H2,1-2H3;7H,2-6H2,1H3;6H,2-5H2,1H3. The molecule has 2 aromatic carbocycles. The van der Waals surface area contributed by atoms with Gasteiger partial charge in [-0.15, -0.1) is 0 Å². The Bertz CT molecular complexity index is 830. The molecule has 2 fully saturated rings. The predicted molar refractivity (Wildman–Crippen MR) is 157 cm³/mol. The van der Waals surface area contributed by atoms with Crippen molar-refractivity contribution in [1.82, 2.24) is 11.0 Å². The molecule has 0 spiro atoms. The quantitative estimate of drug-likeness (QED) is 0.167. The summed E-state index contributed by atoms with van der Waals surface area (Å²) in [5.41, 5.74) is 15.4. The highest BCUT2D eigenvalue weighted by molar-refractivity contribution is 5.68. The topological polar surface area (TPSA) is 104 Å². The molecular weight excluding hydrogens is 476 g/mol. The van der Waals surface area contributed by atoms with Crippen molar-refractivity contribution in [1.29, 1.82) is 0 Å². The maximum atomic E-state index is 6.11. The van der Waals surface area contributed by atoms with Crippen LogP contribution in [0.5, 0.6) is 0 Å². The molecule has 0 bridgehead atoms. The number of rotatable bonds is 9. The number of hydrazine groups is 2. The lowest BCUT2D eigenvalue weighted by atomic mass is 9.91. The normalized spacial score (nSPS) is 18.7. The molecule has 6 N–H and O–H groups in total. The van der Waals surface area contributed by atoms with Crippen LogP contribution < -0.4 is 22.5 Å².